The number of carbonyl (C=O) groups is 3. The van der Waals surface area contributed by atoms with E-state index in [2.05, 4.69) is 9.97 Å². The Kier molecular flexibility index (Phi) is 6.87. The molecule has 0 radical (unpaired) electrons. The average Bonchev–Trinajstić information content (AvgIpc) is 2.93. The van der Waals surface area contributed by atoms with Gasteiger partial charge in [0.25, 0.3) is 11.5 Å². The Balaban J connectivity index is 1.49. The van der Waals surface area contributed by atoms with Crippen LogP contribution in [0.15, 0.2) is 82.9 Å². The number of nitrogens with zero attached hydrogens (tertiary/aromatic N) is 3. The molecular formula is C27H25N5O5S. The van der Waals surface area contributed by atoms with Gasteiger partial charge in [-0.15, -0.1) is 11.8 Å². The summed E-state index contributed by atoms with van der Waals surface area (Å²) in [7, 11) is 0. The van der Waals surface area contributed by atoms with Crippen molar-refractivity contribution in [2.75, 3.05) is 5.75 Å². The van der Waals surface area contributed by atoms with Gasteiger partial charge in [0.1, 0.15) is 23.2 Å². The van der Waals surface area contributed by atoms with Gasteiger partial charge < -0.3 is 20.7 Å². The number of benzene rings is 1. The SMILES string of the molecule is CC1=C(C(=O)O)N2C(=O)[C@@H](N(Cc3ccc(-c4ccccn4)[nH]c3=O)C(=O)[C@H](N)c3ccccc3)[C@H]2SC1. The van der Waals surface area contributed by atoms with E-state index in [1.54, 1.807) is 73.8 Å². The quantitative estimate of drug-likeness (QED) is 0.393. The number of fused-ring (bicyclic) bond motifs is 1. The topological polar surface area (TPSA) is 150 Å². The lowest BCUT2D eigenvalue weighted by molar-refractivity contribution is -0.161. The van der Waals surface area contributed by atoms with E-state index in [0.29, 0.717) is 28.3 Å². The Morgan fingerprint density at radius 1 is 1.16 bits per heavy atom. The predicted molar refractivity (Wildman–Crippen MR) is 141 cm³/mol. The summed E-state index contributed by atoms with van der Waals surface area (Å²) < 4.78 is 0. The second-order valence-corrected chi connectivity index (χ2v) is 10.2. The first kappa shape index (κ1) is 25.4. The number of hydrogen-bond donors (Lipinski definition) is 3. The first-order valence-electron chi connectivity index (χ1n) is 11.9. The number of aromatic amines is 1. The number of amides is 2. The van der Waals surface area contributed by atoms with Crippen molar-refractivity contribution >= 4 is 29.5 Å². The summed E-state index contributed by atoms with van der Waals surface area (Å²) >= 11 is 1.38. The summed E-state index contributed by atoms with van der Waals surface area (Å²) in [5, 5.41) is 9.10. The van der Waals surface area contributed by atoms with Gasteiger partial charge >= 0.3 is 5.97 Å². The van der Waals surface area contributed by atoms with Gasteiger partial charge in [-0.2, -0.15) is 0 Å². The molecule has 0 unspecified atom stereocenters. The molecular weight excluding hydrogens is 506 g/mol. The van der Waals surface area contributed by atoms with Crippen LogP contribution in [0.5, 0.6) is 0 Å². The third-order valence-corrected chi connectivity index (χ3v) is 8.06. The minimum absolute atomic E-state index is 0.0627. The number of rotatable bonds is 7. The molecule has 4 heterocycles. The molecule has 1 saturated heterocycles. The van der Waals surface area contributed by atoms with E-state index in [9.17, 15) is 24.3 Å². The lowest BCUT2D eigenvalue weighted by atomic mass is 9.98. The third kappa shape index (κ3) is 4.50. The van der Waals surface area contributed by atoms with Crippen molar-refractivity contribution in [3.8, 4) is 11.4 Å². The molecule has 2 aromatic heterocycles. The second kappa shape index (κ2) is 10.3. The molecule has 38 heavy (non-hydrogen) atoms. The van der Waals surface area contributed by atoms with Crippen LogP contribution < -0.4 is 11.3 Å². The molecule has 11 heteroatoms. The van der Waals surface area contributed by atoms with E-state index < -0.39 is 40.8 Å². The van der Waals surface area contributed by atoms with E-state index in [1.165, 1.54) is 21.6 Å². The highest BCUT2D eigenvalue weighted by molar-refractivity contribution is 8.00. The fourth-order valence-electron chi connectivity index (χ4n) is 4.69. The monoisotopic (exact) mass is 531 g/mol. The summed E-state index contributed by atoms with van der Waals surface area (Å²) in [6.45, 7) is 1.49. The predicted octanol–water partition coefficient (Wildman–Crippen LogP) is 2.11. The second-order valence-electron chi connectivity index (χ2n) is 9.08. The van der Waals surface area contributed by atoms with Crippen molar-refractivity contribution in [2.24, 2.45) is 5.73 Å². The molecule has 0 saturated carbocycles. The number of carbonyl (C=O) groups excluding carboxylic acids is 2. The molecule has 2 aliphatic heterocycles. The lowest BCUT2D eigenvalue weighted by Crippen LogP contribution is -2.71. The van der Waals surface area contributed by atoms with Gasteiger partial charge in [0, 0.05) is 17.5 Å². The van der Waals surface area contributed by atoms with E-state index >= 15 is 0 Å². The van der Waals surface area contributed by atoms with Crippen molar-refractivity contribution in [3.63, 3.8) is 0 Å². The minimum Gasteiger partial charge on any atom is -0.477 e. The van der Waals surface area contributed by atoms with Gasteiger partial charge in [0.15, 0.2) is 0 Å². The van der Waals surface area contributed by atoms with Crippen LogP contribution in [0.1, 0.15) is 24.1 Å². The highest BCUT2D eigenvalue weighted by Gasteiger charge is 2.57. The third-order valence-electron chi connectivity index (χ3n) is 6.65. The van der Waals surface area contributed by atoms with Gasteiger partial charge in [-0.1, -0.05) is 36.4 Å². The molecule has 10 nitrogen and oxygen atoms in total. The Labute approximate surface area is 222 Å². The van der Waals surface area contributed by atoms with Crippen molar-refractivity contribution in [3.05, 3.63) is 99.6 Å². The number of nitrogens with one attached hydrogen (secondary N) is 1. The van der Waals surface area contributed by atoms with Crippen LogP contribution >= 0.6 is 11.8 Å². The number of carboxylic acid groups (broad SMARTS) is 1. The maximum atomic E-state index is 13.8. The van der Waals surface area contributed by atoms with Crippen LogP contribution in [0.4, 0.5) is 0 Å². The van der Waals surface area contributed by atoms with Gasteiger partial charge in [0.05, 0.1) is 17.9 Å². The minimum atomic E-state index is -1.19. The number of pyridine rings is 2. The molecule has 0 bridgehead atoms. The van der Waals surface area contributed by atoms with E-state index in [-0.39, 0.29) is 17.8 Å². The number of H-pyrrole nitrogens is 1. The van der Waals surface area contributed by atoms with Crippen molar-refractivity contribution < 1.29 is 19.5 Å². The fraction of sp³-hybridized carbons (Fsp3) is 0.222. The van der Waals surface area contributed by atoms with Crippen LogP contribution in [0.3, 0.4) is 0 Å². The molecule has 3 atom stereocenters. The zero-order valence-corrected chi connectivity index (χ0v) is 21.2. The van der Waals surface area contributed by atoms with Gasteiger partial charge in [-0.05, 0) is 42.3 Å². The molecule has 194 valence electrons. The number of aromatic nitrogens is 2. The molecule has 2 aliphatic rings. The van der Waals surface area contributed by atoms with E-state index in [1.807, 2.05) is 0 Å². The molecule has 1 fully saturated rings. The Bertz CT molecular complexity index is 1490. The molecule has 2 amide bonds. The zero-order valence-electron chi connectivity index (χ0n) is 20.4. The van der Waals surface area contributed by atoms with Crippen molar-refractivity contribution in [1.82, 2.24) is 19.8 Å². The lowest BCUT2D eigenvalue weighted by Gasteiger charge is -2.53. The normalized spacial score (nSPS) is 19.4. The summed E-state index contributed by atoms with van der Waals surface area (Å²) in [4.78, 5) is 61.6. The Morgan fingerprint density at radius 3 is 2.55 bits per heavy atom. The molecule has 0 spiro atoms. The van der Waals surface area contributed by atoms with Crippen LogP contribution in [-0.2, 0) is 20.9 Å². The maximum absolute atomic E-state index is 13.8. The molecule has 0 aliphatic carbocycles. The van der Waals surface area contributed by atoms with Gasteiger partial charge in [0.2, 0.25) is 5.91 Å². The van der Waals surface area contributed by atoms with E-state index in [4.69, 9.17) is 5.73 Å². The van der Waals surface area contributed by atoms with Gasteiger partial charge in [-0.25, -0.2) is 4.79 Å². The summed E-state index contributed by atoms with van der Waals surface area (Å²) in [5.74, 6) is -1.85. The smallest absolute Gasteiger partial charge is 0.352 e. The highest BCUT2D eigenvalue weighted by Crippen LogP contribution is 2.43. The van der Waals surface area contributed by atoms with Crippen LogP contribution in [0.25, 0.3) is 11.4 Å². The van der Waals surface area contributed by atoms with E-state index in [0.717, 1.165) is 0 Å². The summed E-state index contributed by atoms with van der Waals surface area (Å²) in [6.07, 6.45) is 1.62. The van der Waals surface area contributed by atoms with Crippen LogP contribution in [-0.4, -0.2) is 59.8 Å². The molecule has 1 aromatic carbocycles. The van der Waals surface area contributed by atoms with Gasteiger partial charge in [-0.3, -0.25) is 24.3 Å². The summed E-state index contributed by atoms with van der Waals surface area (Å²) in [6, 6.07) is 15.3. The first-order chi connectivity index (χ1) is 18.3. The zero-order chi connectivity index (χ0) is 27.0. The van der Waals surface area contributed by atoms with Crippen LogP contribution in [0, 0.1) is 0 Å². The summed E-state index contributed by atoms with van der Waals surface area (Å²) in [5.41, 5.74) is 8.34. The molecule has 5 rings (SSSR count). The highest BCUT2D eigenvalue weighted by atomic mass is 32.2. The number of β-lactam (4-membered cyclic amide) rings is 1. The average molecular weight is 532 g/mol. The largest absolute Gasteiger partial charge is 0.477 e. The van der Waals surface area contributed by atoms with Crippen LogP contribution in [0.2, 0.25) is 0 Å². The van der Waals surface area contributed by atoms with Crippen molar-refractivity contribution in [1.29, 1.82) is 0 Å². The Morgan fingerprint density at radius 2 is 1.89 bits per heavy atom. The Hall–Kier alpha value is -4.22. The number of nitrogens with two attached hydrogens (primary N) is 1. The molecule has 4 N–H and O–H groups in total. The number of hydrogen-bond acceptors (Lipinski definition) is 7. The van der Waals surface area contributed by atoms with Crippen molar-refractivity contribution in [2.45, 2.75) is 30.9 Å². The number of thioether (sulfide) groups is 1. The maximum Gasteiger partial charge on any atom is 0.352 e. The fourth-order valence-corrected chi connectivity index (χ4v) is 6.05. The standard InChI is InChI=1S/C27H25N5O5S/c1-15-14-38-26-22(25(35)32(26)21(15)27(36)37)31(24(34)20(28)16-7-3-2-4-8-16)13-17-10-11-19(30-23(17)33)18-9-5-6-12-29-18/h2-12,20,22,26H,13-14,28H2,1H3,(H,30,33)(H,36,37)/t20-,22-,26-/m1/s1. The molecule has 3 aromatic rings. The number of aliphatic carboxylic acids is 1. The first-order valence-corrected chi connectivity index (χ1v) is 12.9. The number of carboxylic acids is 1.